The van der Waals surface area contributed by atoms with Crippen molar-refractivity contribution >= 4 is 6.09 Å². The van der Waals surface area contributed by atoms with E-state index in [2.05, 4.69) is 12.2 Å². The summed E-state index contributed by atoms with van der Waals surface area (Å²) >= 11 is 0. The first-order chi connectivity index (χ1) is 11.3. The molecule has 1 saturated heterocycles. The van der Waals surface area contributed by atoms with Crippen LogP contribution < -0.4 is 5.32 Å². The highest BCUT2D eigenvalue weighted by Gasteiger charge is 2.40. The van der Waals surface area contributed by atoms with Gasteiger partial charge in [0.1, 0.15) is 5.60 Å². The Hall–Kier alpha value is -0.770. The van der Waals surface area contributed by atoms with Gasteiger partial charge in [-0.1, -0.05) is 12.8 Å². The largest absolute Gasteiger partial charge is 0.444 e. The first-order valence-electron chi connectivity index (χ1n) is 10.1. The van der Waals surface area contributed by atoms with Crippen molar-refractivity contribution in [3.63, 3.8) is 0 Å². The fraction of sp³-hybridized carbons (Fsp3) is 0.950. The Labute approximate surface area is 147 Å². The number of ether oxygens (including phenoxy) is 1. The number of rotatable bonds is 4. The Morgan fingerprint density at radius 3 is 2.08 bits per heavy atom. The second-order valence-electron chi connectivity index (χ2n) is 9.24. The van der Waals surface area contributed by atoms with Crippen LogP contribution in [0, 0.1) is 11.8 Å². The number of amides is 1. The molecule has 2 atom stereocenters. The third kappa shape index (κ3) is 4.07. The van der Waals surface area contributed by atoms with Crippen LogP contribution in [-0.2, 0) is 4.74 Å². The fourth-order valence-corrected chi connectivity index (χ4v) is 4.45. The van der Waals surface area contributed by atoms with Crippen LogP contribution in [0.1, 0.15) is 79.1 Å². The zero-order valence-electron chi connectivity index (χ0n) is 16.0. The van der Waals surface area contributed by atoms with Crippen LogP contribution >= 0.6 is 0 Å². The summed E-state index contributed by atoms with van der Waals surface area (Å²) < 4.78 is 5.62. The van der Waals surface area contributed by atoms with Crippen molar-refractivity contribution in [2.45, 2.75) is 103 Å². The SMILES string of the molecule is CC1C(NC(C2CCC2)C2CCC2)CCCN1C(=O)OC(C)(C)C. The van der Waals surface area contributed by atoms with Crippen LogP contribution in [0.5, 0.6) is 0 Å². The molecule has 0 aromatic carbocycles. The van der Waals surface area contributed by atoms with Crippen LogP contribution in [0.2, 0.25) is 0 Å². The number of carbonyl (C=O) groups excluding carboxylic acids is 1. The van der Waals surface area contributed by atoms with Gasteiger partial charge in [-0.2, -0.15) is 0 Å². The second-order valence-corrected chi connectivity index (χ2v) is 9.24. The quantitative estimate of drug-likeness (QED) is 0.830. The van der Waals surface area contributed by atoms with Gasteiger partial charge in [0.05, 0.1) is 0 Å². The van der Waals surface area contributed by atoms with E-state index >= 15 is 0 Å². The van der Waals surface area contributed by atoms with Crippen LogP contribution in [-0.4, -0.2) is 41.3 Å². The number of carbonyl (C=O) groups is 1. The number of nitrogens with zero attached hydrogens (tertiary/aromatic N) is 1. The molecule has 3 fully saturated rings. The summed E-state index contributed by atoms with van der Waals surface area (Å²) in [5.41, 5.74) is -0.419. The molecular formula is C20H36N2O2. The molecule has 0 radical (unpaired) electrons. The molecule has 1 aliphatic heterocycles. The summed E-state index contributed by atoms with van der Waals surface area (Å²) in [4.78, 5) is 14.5. The van der Waals surface area contributed by atoms with E-state index in [0.29, 0.717) is 12.1 Å². The molecule has 3 rings (SSSR count). The Morgan fingerprint density at radius 2 is 1.62 bits per heavy atom. The van der Waals surface area contributed by atoms with Crippen molar-refractivity contribution in [3.8, 4) is 0 Å². The molecular weight excluding hydrogens is 300 g/mol. The number of piperidine rings is 1. The Morgan fingerprint density at radius 1 is 1.04 bits per heavy atom. The molecule has 2 unspecified atom stereocenters. The number of likely N-dealkylation sites (tertiary alicyclic amines) is 1. The molecule has 4 nitrogen and oxygen atoms in total. The van der Waals surface area contributed by atoms with E-state index in [1.165, 1.54) is 44.9 Å². The van der Waals surface area contributed by atoms with E-state index < -0.39 is 5.60 Å². The zero-order valence-corrected chi connectivity index (χ0v) is 16.0. The summed E-state index contributed by atoms with van der Waals surface area (Å²) in [5, 5.41) is 4.01. The summed E-state index contributed by atoms with van der Waals surface area (Å²) in [6.07, 6.45) is 10.5. The molecule has 0 bridgehead atoms. The maximum atomic E-state index is 12.5. The second kappa shape index (κ2) is 7.23. The molecule has 0 aromatic rings. The average Bonchev–Trinajstić information content (AvgIpc) is 2.34. The highest BCUT2D eigenvalue weighted by molar-refractivity contribution is 5.68. The predicted molar refractivity (Wildman–Crippen MR) is 97.0 cm³/mol. The summed E-state index contributed by atoms with van der Waals surface area (Å²) in [6.45, 7) is 8.85. The Kier molecular flexibility index (Phi) is 5.43. The van der Waals surface area contributed by atoms with Crippen molar-refractivity contribution in [1.29, 1.82) is 0 Å². The van der Waals surface area contributed by atoms with Gasteiger partial charge >= 0.3 is 6.09 Å². The minimum absolute atomic E-state index is 0.148. The van der Waals surface area contributed by atoms with Crippen molar-refractivity contribution < 1.29 is 9.53 Å². The highest BCUT2D eigenvalue weighted by Crippen LogP contribution is 2.40. The minimum atomic E-state index is -0.419. The number of hydrogen-bond donors (Lipinski definition) is 1. The first kappa shape index (κ1) is 18.0. The van der Waals surface area contributed by atoms with Gasteiger partial charge in [-0.3, -0.25) is 0 Å². The van der Waals surface area contributed by atoms with Gasteiger partial charge in [-0.25, -0.2) is 4.79 Å². The third-order valence-corrected chi connectivity index (χ3v) is 6.34. The highest BCUT2D eigenvalue weighted by atomic mass is 16.6. The van der Waals surface area contributed by atoms with Gasteiger partial charge in [0, 0.05) is 24.7 Å². The van der Waals surface area contributed by atoms with Crippen molar-refractivity contribution in [2.75, 3.05) is 6.54 Å². The maximum Gasteiger partial charge on any atom is 0.410 e. The lowest BCUT2D eigenvalue weighted by Crippen LogP contribution is -2.60. The van der Waals surface area contributed by atoms with E-state index in [0.717, 1.165) is 24.8 Å². The van der Waals surface area contributed by atoms with E-state index in [-0.39, 0.29) is 12.1 Å². The normalized spacial score (nSPS) is 29.3. The van der Waals surface area contributed by atoms with Crippen molar-refractivity contribution in [1.82, 2.24) is 10.2 Å². The molecule has 1 heterocycles. The lowest BCUT2D eigenvalue weighted by Gasteiger charge is -2.48. The zero-order chi connectivity index (χ0) is 17.3. The molecule has 24 heavy (non-hydrogen) atoms. The molecule has 138 valence electrons. The monoisotopic (exact) mass is 336 g/mol. The lowest BCUT2D eigenvalue weighted by atomic mass is 9.68. The summed E-state index contributed by atoms with van der Waals surface area (Å²) in [7, 11) is 0. The van der Waals surface area contributed by atoms with Crippen molar-refractivity contribution in [2.24, 2.45) is 11.8 Å². The number of nitrogens with one attached hydrogen (secondary N) is 1. The fourth-order valence-electron chi connectivity index (χ4n) is 4.45. The van der Waals surface area contributed by atoms with Crippen molar-refractivity contribution in [3.05, 3.63) is 0 Å². The van der Waals surface area contributed by atoms with E-state index in [4.69, 9.17) is 4.74 Å². The number of hydrogen-bond acceptors (Lipinski definition) is 3. The Balaban J connectivity index is 1.61. The van der Waals surface area contributed by atoms with E-state index in [9.17, 15) is 4.79 Å². The average molecular weight is 337 g/mol. The van der Waals surface area contributed by atoms with Crippen LogP contribution in [0.3, 0.4) is 0 Å². The van der Waals surface area contributed by atoms with Crippen LogP contribution in [0.4, 0.5) is 4.79 Å². The third-order valence-electron chi connectivity index (χ3n) is 6.34. The van der Waals surface area contributed by atoms with Crippen LogP contribution in [0.15, 0.2) is 0 Å². The van der Waals surface area contributed by atoms with E-state index in [1.807, 2.05) is 25.7 Å². The van der Waals surface area contributed by atoms with E-state index in [1.54, 1.807) is 0 Å². The first-order valence-corrected chi connectivity index (χ1v) is 10.1. The predicted octanol–water partition coefficient (Wildman–Crippen LogP) is 4.33. The summed E-state index contributed by atoms with van der Waals surface area (Å²) in [5.74, 6) is 1.75. The minimum Gasteiger partial charge on any atom is -0.444 e. The molecule has 2 aliphatic carbocycles. The molecule has 0 spiro atoms. The van der Waals surface area contributed by atoms with Gasteiger partial charge < -0.3 is 15.0 Å². The Bertz CT molecular complexity index is 423. The molecule has 1 amide bonds. The molecule has 1 N–H and O–H groups in total. The van der Waals surface area contributed by atoms with Gasteiger partial charge in [0.15, 0.2) is 0 Å². The molecule has 3 aliphatic rings. The van der Waals surface area contributed by atoms with Gasteiger partial charge in [-0.15, -0.1) is 0 Å². The summed E-state index contributed by atoms with van der Waals surface area (Å²) in [6, 6.07) is 1.31. The van der Waals surface area contributed by atoms with Gasteiger partial charge in [0.2, 0.25) is 0 Å². The van der Waals surface area contributed by atoms with Crippen LogP contribution in [0.25, 0.3) is 0 Å². The molecule has 2 saturated carbocycles. The van der Waals surface area contributed by atoms with Gasteiger partial charge in [0.25, 0.3) is 0 Å². The maximum absolute atomic E-state index is 12.5. The van der Waals surface area contributed by atoms with Gasteiger partial charge in [-0.05, 0) is 78.1 Å². The molecule has 0 aromatic heterocycles. The lowest BCUT2D eigenvalue weighted by molar-refractivity contribution is 0.00274. The molecule has 4 heteroatoms. The topological polar surface area (TPSA) is 41.6 Å². The smallest absolute Gasteiger partial charge is 0.410 e. The standard InChI is InChI=1S/C20H36N2O2/c1-14-17(12-7-13-22(14)19(23)24-20(2,3)4)21-18(15-8-5-9-15)16-10-6-11-16/h14-18,21H,5-13H2,1-4H3.